The number of piperidine rings is 1. The monoisotopic (exact) mass is 267 g/mol. The number of ether oxygens (including phenoxy) is 1. The molecule has 4 nitrogen and oxygen atoms in total. The van der Waals surface area contributed by atoms with Gasteiger partial charge in [-0.3, -0.25) is 9.80 Å². The molecule has 3 saturated heterocycles. The quantitative estimate of drug-likeness (QED) is 0.830. The van der Waals surface area contributed by atoms with Gasteiger partial charge in [0.1, 0.15) is 0 Å². The molecule has 0 aromatic heterocycles. The van der Waals surface area contributed by atoms with Crippen molar-refractivity contribution in [2.24, 2.45) is 5.73 Å². The highest BCUT2D eigenvalue weighted by Crippen LogP contribution is 2.42. The summed E-state index contributed by atoms with van der Waals surface area (Å²) >= 11 is 0. The average molecular weight is 267 g/mol. The van der Waals surface area contributed by atoms with Crippen molar-refractivity contribution in [3.8, 4) is 0 Å². The topological polar surface area (TPSA) is 41.7 Å². The van der Waals surface area contributed by atoms with Gasteiger partial charge >= 0.3 is 0 Å². The van der Waals surface area contributed by atoms with Crippen LogP contribution < -0.4 is 5.73 Å². The summed E-state index contributed by atoms with van der Waals surface area (Å²) in [5, 5.41) is 0. The van der Waals surface area contributed by atoms with Crippen molar-refractivity contribution in [1.82, 2.24) is 9.80 Å². The van der Waals surface area contributed by atoms with Crippen LogP contribution in [0, 0.1) is 0 Å². The van der Waals surface area contributed by atoms with Gasteiger partial charge in [-0.25, -0.2) is 0 Å². The SMILES string of the molecule is COC1(C)CCCN(C2(CN)CCN3CCCC32)C1. The van der Waals surface area contributed by atoms with Crippen LogP contribution >= 0.6 is 0 Å². The summed E-state index contributed by atoms with van der Waals surface area (Å²) in [6.07, 6.45) is 6.33. The van der Waals surface area contributed by atoms with Crippen LogP contribution in [-0.2, 0) is 4.74 Å². The minimum atomic E-state index is 0.0203. The van der Waals surface area contributed by atoms with Crippen molar-refractivity contribution >= 4 is 0 Å². The Morgan fingerprint density at radius 3 is 2.79 bits per heavy atom. The predicted molar refractivity (Wildman–Crippen MR) is 77.2 cm³/mol. The largest absolute Gasteiger partial charge is 0.377 e. The van der Waals surface area contributed by atoms with E-state index in [4.69, 9.17) is 10.5 Å². The summed E-state index contributed by atoms with van der Waals surface area (Å²) in [6, 6.07) is 0.691. The second kappa shape index (κ2) is 4.99. The van der Waals surface area contributed by atoms with Crippen LogP contribution in [0.3, 0.4) is 0 Å². The van der Waals surface area contributed by atoms with E-state index in [1.54, 1.807) is 0 Å². The second-order valence-electron chi connectivity index (χ2n) is 6.93. The summed E-state index contributed by atoms with van der Waals surface area (Å²) in [7, 11) is 1.86. The zero-order valence-electron chi connectivity index (χ0n) is 12.5. The normalized spacial score (nSPS) is 44.7. The van der Waals surface area contributed by atoms with E-state index >= 15 is 0 Å². The van der Waals surface area contributed by atoms with Crippen LogP contribution in [0.25, 0.3) is 0 Å². The molecule has 3 unspecified atom stereocenters. The number of methoxy groups -OCH3 is 1. The minimum absolute atomic E-state index is 0.0203. The van der Waals surface area contributed by atoms with Crippen LogP contribution in [0.15, 0.2) is 0 Å². The van der Waals surface area contributed by atoms with Gasteiger partial charge < -0.3 is 10.5 Å². The van der Waals surface area contributed by atoms with Gasteiger partial charge in [0.25, 0.3) is 0 Å². The highest BCUT2D eigenvalue weighted by atomic mass is 16.5. The number of likely N-dealkylation sites (tertiary alicyclic amines) is 1. The molecule has 3 heterocycles. The molecule has 3 aliphatic rings. The Morgan fingerprint density at radius 1 is 1.21 bits per heavy atom. The van der Waals surface area contributed by atoms with Gasteiger partial charge in [-0.15, -0.1) is 0 Å². The van der Waals surface area contributed by atoms with Crippen molar-refractivity contribution in [2.75, 3.05) is 39.8 Å². The van der Waals surface area contributed by atoms with Crippen LogP contribution in [-0.4, -0.2) is 66.8 Å². The predicted octanol–water partition coefficient (Wildman–Crippen LogP) is 1.05. The first kappa shape index (κ1) is 13.8. The maximum atomic E-state index is 6.28. The molecule has 19 heavy (non-hydrogen) atoms. The van der Waals surface area contributed by atoms with E-state index in [0.717, 1.165) is 13.1 Å². The highest BCUT2D eigenvalue weighted by Gasteiger charge is 2.53. The van der Waals surface area contributed by atoms with Gasteiger partial charge in [0, 0.05) is 38.3 Å². The number of nitrogens with zero attached hydrogens (tertiary/aromatic N) is 2. The van der Waals surface area contributed by atoms with Crippen molar-refractivity contribution in [3.05, 3.63) is 0 Å². The van der Waals surface area contributed by atoms with Gasteiger partial charge in [-0.05, 0) is 52.1 Å². The number of hydrogen-bond donors (Lipinski definition) is 1. The number of rotatable bonds is 3. The third kappa shape index (κ3) is 2.13. The first-order valence-corrected chi connectivity index (χ1v) is 7.88. The Kier molecular flexibility index (Phi) is 3.63. The standard InChI is InChI=1S/C15H29N3O/c1-14(19-2)6-4-9-18(12-14)15(11-16)7-10-17-8-3-5-13(15)17/h13H,3-12,16H2,1-2H3. The molecule has 3 aliphatic heterocycles. The molecule has 0 bridgehead atoms. The Hall–Kier alpha value is -0.160. The molecular weight excluding hydrogens is 238 g/mol. The summed E-state index contributed by atoms with van der Waals surface area (Å²) in [4.78, 5) is 5.35. The summed E-state index contributed by atoms with van der Waals surface area (Å²) in [6.45, 7) is 7.81. The van der Waals surface area contributed by atoms with Crippen molar-refractivity contribution in [2.45, 2.75) is 56.2 Å². The number of nitrogens with two attached hydrogens (primary N) is 1. The zero-order valence-corrected chi connectivity index (χ0v) is 12.5. The summed E-state index contributed by atoms with van der Waals surface area (Å²) < 4.78 is 5.77. The van der Waals surface area contributed by atoms with Crippen LogP contribution in [0.1, 0.15) is 39.0 Å². The molecule has 110 valence electrons. The summed E-state index contributed by atoms with van der Waals surface area (Å²) in [5.41, 5.74) is 6.52. The van der Waals surface area contributed by atoms with Gasteiger partial charge in [0.05, 0.1) is 5.60 Å². The lowest BCUT2D eigenvalue weighted by Crippen LogP contribution is -2.64. The molecule has 0 aromatic carbocycles. The van der Waals surface area contributed by atoms with Gasteiger partial charge in [0.15, 0.2) is 0 Å². The molecule has 0 amide bonds. The first-order valence-electron chi connectivity index (χ1n) is 7.88. The van der Waals surface area contributed by atoms with Gasteiger partial charge in [-0.2, -0.15) is 0 Å². The van der Waals surface area contributed by atoms with Gasteiger partial charge in [-0.1, -0.05) is 0 Å². The van der Waals surface area contributed by atoms with E-state index in [2.05, 4.69) is 16.7 Å². The zero-order chi connectivity index (χ0) is 13.5. The average Bonchev–Trinajstić information content (AvgIpc) is 3.01. The lowest BCUT2D eigenvalue weighted by molar-refractivity contribution is -0.0845. The molecule has 4 heteroatoms. The van der Waals surface area contributed by atoms with Crippen molar-refractivity contribution in [1.29, 1.82) is 0 Å². The third-order valence-electron chi connectivity index (χ3n) is 5.95. The maximum absolute atomic E-state index is 6.28. The number of hydrogen-bond acceptors (Lipinski definition) is 4. The van der Waals surface area contributed by atoms with E-state index in [0.29, 0.717) is 6.04 Å². The molecule has 3 fully saturated rings. The highest BCUT2D eigenvalue weighted by molar-refractivity contribution is 5.11. The van der Waals surface area contributed by atoms with Crippen LogP contribution in [0.2, 0.25) is 0 Å². The molecule has 0 aromatic rings. The van der Waals surface area contributed by atoms with Crippen LogP contribution in [0.4, 0.5) is 0 Å². The molecular formula is C15H29N3O. The molecule has 0 saturated carbocycles. The molecule has 2 N–H and O–H groups in total. The van der Waals surface area contributed by atoms with E-state index in [1.165, 1.54) is 51.7 Å². The smallest absolute Gasteiger partial charge is 0.0777 e. The first-order chi connectivity index (χ1) is 9.13. The molecule has 0 spiro atoms. The van der Waals surface area contributed by atoms with E-state index < -0.39 is 0 Å². The van der Waals surface area contributed by atoms with Crippen molar-refractivity contribution in [3.63, 3.8) is 0 Å². The third-order valence-corrected chi connectivity index (χ3v) is 5.95. The molecule has 3 rings (SSSR count). The van der Waals surface area contributed by atoms with Crippen molar-refractivity contribution < 1.29 is 4.74 Å². The summed E-state index contributed by atoms with van der Waals surface area (Å²) in [5.74, 6) is 0. The van der Waals surface area contributed by atoms with Crippen LogP contribution in [0.5, 0.6) is 0 Å². The van der Waals surface area contributed by atoms with E-state index in [1.807, 2.05) is 7.11 Å². The fourth-order valence-electron chi connectivity index (χ4n) is 4.69. The fraction of sp³-hybridized carbons (Fsp3) is 1.00. The lowest BCUT2D eigenvalue weighted by atomic mass is 9.82. The Balaban J connectivity index is 1.82. The Labute approximate surface area is 117 Å². The molecule has 0 radical (unpaired) electrons. The minimum Gasteiger partial charge on any atom is -0.377 e. The molecule has 0 aliphatic carbocycles. The Morgan fingerprint density at radius 2 is 2.05 bits per heavy atom. The van der Waals surface area contributed by atoms with E-state index in [-0.39, 0.29) is 11.1 Å². The maximum Gasteiger partial charge on any atom is 0.0777 e. The molecule has 3 atom stereocenters. The lowest BCUT2D eigenvalue weighted by Gasteiger charge is -2.50. The Bertz CT molecular complexity index is 337. The second-order valence-corrected chi connectivity index (χ2v) is 6.93. The fourth-order valence-corrected chi connectivity index (χ4v) is 4.69. The van der Waals surface area contributed by atoms with Gasteiger partial charge in [0.2, 0.25) is 0 Å². The van der Waals surface area contributed by atoms with E-state index in [9.17, 15) is 0 Å². The number of fused-ring (bicyclic) bond motifs is 1.